The summed E-state index contributed by atoms with van der Waals surface area (Å²) in [7, 11) is 0. The molecule has 2 aromatic carbocycles. The van der Waals surface area contributed by atoms with E-state index in [4.69, 9.17) is 4.74 Å². The fourth-order valence-corrected chi connectivity index (χ4v) is 2.37. The predicted octanol–water partition coefficient (Wildman–Crippen LogP) is 2.98. The highest BCUT2D eigenvalue weighted by molar-refractivity contribution is 5.98. The minimum absolute atomic E-state index is 0.00205. The third-order valence-electron chi connectivity index (χ3n) is 3.36. The molecule has 2 aromatic rings. The van der Waals surface area contributed by atoms with Crippen molar-refractivity contribution in [1.29, 1.82) is 0 Å². The molecule has 1 aliphatic heterocycles. The fourth-order valence-electron chi connectivity index (χ4n) is 2.37. The van der Waals surface area contributed by atoms with Crippen LogP contribution in [-0.4, -0.2) is 23.5 Å². The van der Waals surface area contributed by atoms with Crippen molar-refractivity contribution in [3.63, 3.8) is 0 Å². The van der Waals surface area contributed by atoms with Gasteiger partial charge < -0.3 is 4.74 Å². The number of aliphatic imine (C=N–C) groups is 1. The Hall–Kier alpha value is -2.69. The number of nitro benzene ring substituents is 1. The van der Waals surface area contributed by atoms with Crippen molar-refractivity contribution < 1.29 is 9.66 Å². The zero-order valence-electron chi connectivity index (χ0n) is 11.3. The van der Waals surface area contributed by atoms with Crippen LogP contribution in [0.15, 0.2) is 59.6 Å². The van der Waals surface area contributed by atoms with Crippen molar-refractivity contribution in [1.82, 2.24) is 0 Å². The van der Waals surface area contributed by atoms with Crippen LogP contribution < -0.4 is 0 Å². The third kappa shape index (κ3) is 2.91. The maximum absolute atomic E-state index is 11.0. The van der Waals surface area contributed by atoms with Crippen LogP contribution in [0.1, 0.15) is 11.1 Å². The summed E-state index contributed by atoms with van der Waals surface area (Å²) in [6.45, 7) is 0.455. The van der Waals surface area contributed by atoms with Crippen molar-refractivity contribution in [3.05, 3.63) is 75.8 Å². The molecule has 0 unspecified atom stereocenters. The number of hydrogen-bond donors (Lipinski definition) is 0. The van der Waals surface area contributed by atoms with Gasteiger partial charge in [-0.05, 0) is 18.1 Å². The van der Waals surface area contributed by atoms with Gasteiger partial charge in [-0.2, -0.15) is 0 Å². The van der Waals surface area contributed by atoms with Crippen LogP contribution in [0.25, 0.3) is 0 Å². The van der Waals surface area contributed by atoms with E-state index in [1.807, 2.05) is 30.3 Å². The van der Waals surface area contributed by atoms with Gasteiger partial charge in [0.15, 0.2) is 0 Å². The smallest absolute Gasteiger partial charge is 0.282 e. The number of ether oxygens (including phenoxy) is 1. The average molecular weight is 282 g/mol. The lowest BCUT2D eigenvalue weighted by Gasteiger charge is -2.04. The average Bonchev–Trinajstić information content (AvgIpc) is 2.96. The molecule has 0 fully saturated rings. The summed E-state index contributed by atoms with van der Waals surface area (Å²) in [4.78, 5) is 15.1. The summed E-state index contributed by atoms with van der Waals surface area (Å²) in [6, 6.07) is 16.5. The van der Waals surface area contributed by atoms with Gasteiger partial charge in [0.2, 0.25) is 5.90 Å². The maximum atomic E-state index is 11.0. The van der Waals surface area contributed by atoms with Crippen LogP contribution in [-0.2, 0) is 11.2 Å². The van der Waals surface area contributed by atoms with Crippen LogP contribution >= 0.6 is 0 Å². The second kappa shape index (κ2) is 5.75. The molecule has 1 atom stereocenters. The molecule has 0 saturated heterocycles. The highest BCUT2D eigenvalue weighted by atomic mass is 16.6. The Morgan fingerprint density at radius 2 is 1.86 bits per heavy atom. The second-order valence-corrected chi connectivity index (χ2v) is 4.86. The Bertz CT molecular complexity index is 683. The lowest BCUT2D eigenvalue weighted by Crippen LogP contribution is -2.09. The maximum Gasteiger partial charge on any atom is 0.282 e. The molecule has 1 aliphatic rings. The van der Waals surface area contributed by atoms with Crippen molar-refractivity contribution >= 4 is 11.6 Å². The standard InChI is InChI=1S/C16H14N2O3/c19-18(20)15-9-5-4-8-14(15)16-17-13(11-21-16)10-12-6-2-1-3-7-12/h1-9,13H,10-11H2/t13-/m0/s1. The molecular formula is C16H14N2O3. The molecule has 3 rings (SSSR count). The van der Waals surface area contributed by atoms with Gasteiger partial charge in [-0.1, -0.05) is 42.5 Å². The zero-order valence-corrected chi connectivity index (χ0v) is 11.3. The number of para-hydroxylation sites is 1. The third-order valence-corrected chi connectivity index (χ3v) is 3.36. The summed E-state index contributed by atoms with van der Waals surface area (Å²) in [5, 5.41) is 11.0. The molecule has 106 valence electrons. The quantitative estimate of drug-likeness (QED) is 0.639. The largest absolute Gasteiger partial charge is 0.475 e. The summed E-state index contributed by atoms with van der Waals surface area (Å²) in [6.07, 6.45) is 0.769. The number of nitro groups is 1. The van der Waals surface area contributed by atoms with Gasteiger partial charge in [-0.25, -0.2) is 4.99 Å². The highest BCUT2D eigenvalue weighted by Crippen LogP contribution is 2.23. The van der Waals surface area contributed by atoms with Gasteiger partial charge in [-0.3, -0.25) is 10.1 Å². The van der Waals surface area contributed by atoms with Crippen molar-refractivity contribution in [3.8, 4) is 0 Å². The van der Waals surface area contributed by atoms with Crippen LogP contribution in [0.2, 0.25) is 0 Å². The number of hydrogen-bond acceptors (Lipinski definition) is 4. The first-order valence-corrected chi connectivity index (χ1v) is 6.72. The van der Waals surface area contributed by atoms with E-state index in [2.05, 4.69) is 4.99 Å². The van der Waals surface area contributed by atoms with E-state index in [1.165, 1.54) is 11.6 Å². The van der Waals surface area contributed by atoms with Crippen molar-refractivity contribution in [2.45, 2.75) is 12.5 Å². The van der Waals surface area contributed by atoms with Gasteiger partial charge in [0.1, 0.15) is 12.2 Å². The van der Waals surface area contributed by atoms with E-state index >= 15 is 0 Å². The molecule has 21 heavy (non-hydrogen) atoms. The van der Waals surface area contributed by atoms with Crippen molar-refractivity contribution in [2.24, 2.45) is 4.99 Å². The van der Waals surface area contributed by atoms with E-state index in [0.717, 1.165) is 6.42 Å². The Balaban J connectivity index is 1.82. The van der Waals surface area contributed by atoms with E-state index in [0.29, 0.717) is 18.1 Å². The highest BCUT2D eigenvalue weighted by Gasteiger charge is 2.25. The van der Waals surface area contributed by atoms with Crippen LogP contribution in [0, 0.1) is 10.1 Å². The molecule has 0 aromatic heterocycles. The molecule has 0 spiro atoms. The monoisotopic (exact) mass is 282 g/mol. The molecular weight excluding hydrogens is 268 g/mol. The van der Waals surface area contributed by atoms with Crippen LogP contribution in [0.3, 0.4) is 0 Å². The van der Waals surface area contributed by atoms with Crippen molar-refractivity contribution in [2.75, 3.05) is 6.61 Å². The number of rotatable bonds is 4. The summed E-state index contributed by atoms with van der Waals surface area (Å²) < 4.78 is 5.56. The summed E-state index contributed by atoms with van der Waals surface area (Å²) in [5.74, 6) is 0.364. The Morgan fingerprint density at radius 3 is 2.62 bits per heavy atom. The molecule has 1 heterocycles. The SMILES string of the molecule is O=[N+]([O-])c1ccccc1C1=N[C@@H](Cc2ccccc2)CO1. The molecule has 0 N–H and O–H groups in total. The number of nitrogens with zero attached hydrogens (tertiary/aromatic N) is 2. The zero-order chi connectivity index (χ0) is 14.7. The fraction of sp³-hybridized carbons (Fsp3) is 0.188. The predicted molar refractivity (Wildman–Crippen MR) is 79.5 cm³/mol. The van der Waals surface area contributed by atoms with E-state index in [-0.39, 0.29) is 11.7 Å². The lowest BCUT2D eigenvalue weighted by atomic mass is 10.1. The number of benzene rings is 2. The molecule has 0 saturated carbocycles. The Labute approximate surface area is 122 Å². The van der Waals surface area contributed by atoms with Gasteiger partial charge in [-0.15, -0.1) is 0 Å². The minimum Gasteiger partial charge on any atom is -0.475 e. The summed E-state index contributed by atoms with van der Waals surface area (Å²) in [5.41, 5.74) is 1.65. The van der Waals surface area contributed by atoms with E-state index in [1.54, 1.807) is 18.2 Å². The van der Waals surface area contributed by atoms with E-state index < -0.39 is 4.92 Å². The Morgan fingerprint density at radius 1 is 1.14 bits per heavy atom. The first-order valence-electron chi connectivity index (χ1n) is 6.72. The molecule has 0 bridgehead atoms. The second-order valence-electron chi connectivity index (χ2n) is 4.86. The Kier molecular flexibility index (Phi) is 3.64. The topological polar surface area (TPSA) is 64.7 Å². The van der Waals surface area contributed by atoms with Gasteiger partial charge >= 0.3 is 0 Å². The van der Waals surface area contributed by atoms with Gasteiger partial charge in [0, 0.05) is 6.07 Å². The first-order chi connectivity index (χ1) is 10.2. The molecule has 5 heteroatoms. The first kappa shape index (κ1) is 13.3. The van der Waals surface area contributed by atoms with Gasteiger partial charge in [0.05, 0.1) is 11.0 Å². The molecule has 0 aliphatic carbocycles. The van der Waals surface area contributed by atoms with Crippen LogP contribution in [0.5, 0.6) is 0 Å². The summed E-state index contributed by atoms with van der Waals surface area (Å²) >= 11 is 0. The molecule has 5 nitrogen and oxygen atoms in total. The molecule has 0 amide bonds. The molecule has 0 radical (unpaired) electrons. The lowest BCUT2D eigenvalue weighted by molar-refractivity contribution is -0.385. The minimum atomic E-state index is -0.411. The van der Waals surface area contributed by atoms with Crippen LogP contribution in [0.4, 0.5) is 5.69 Å². The van der Waals surface area contributed by atoms with Gasteiger partial charge in [0.25, 0.3) is 5.69 Å². The normalized spacial score (nSPS) is 17.1. The van der Waals surface area contributed by atoms with E-state index in [9.17, 15) is 10.1 Å².